The quantitative estimate of drug-likeness (QED) is 0.257. The van der Waals surface area contributed by atoms with Crippen molar-refractivity contribution in [3.8, 4) is 0 Å². The average Bonchev–Trinajstić information content (AvgIpc) is 2.37. The van der Waals surface area contributed by atoms with E-state index in [9.17, 15) is 0 Å². The minimum Gasteiger partial charge on any atom is -0.207 e. The molecule has 0 aromatic heterocycles. The summed E-state index contributed by atoms with van der Waals surface area (Å²) in [6.07, 6.45) is 13.1. The summed E-state index contributed by atoms with van der Waals surface area (Å²) in [7, 11) is 1.37. The SMILES string of the molecule is CCCCCCCCCCCC(C)OOOOC. The first-order valence-corrected chi connectivity index (χ1v) is 7.34. The molecule has 4 nitrogen and oxygen atoms in total. The summed E-state index contributed by atoms with van der Waals surface area (Å²) in [5, 5.41) is 8.53. The van der Waals surface area contributed by atoms with Crippen molar-refractivity contribution in [1.29, 1.82) is 0 Å². The molecule has 0 rings (SSSR count). The van der Waals surface area contributed by atoms with Crippen molar-refractivity contribution in [3.63, 3.8) is 0 Å². The zero-order valence-electron chi connectivity index (χ0n) is 12.3. The molecule has 0 amide bonds. The van der Waals surface area contributed by atoms with Crippen molar-refractivity contribution in [2.45, 2.75) is 84.2 Å². The molecule has 0 aromatic carbocycles. The van der Waals surface area contributed by atoms with E-state index >= 15 is 0 Å². The molecule has 0 fully saturated rings. The van der Waals surface area contributed by atoms with Gasteiger partial charge in [0.1, 0.15) is 0 Å². The van der Waals surface area contributed by atoms with Crippen LogP contribution in [-0.4, -0.2) is 13.2 Å². The van der Waals surface area contributed by atoms with E-state index in [-0.39, 0.29) is 6.10 Å². The summed E-state index contributed by atoms with van der Waals surface area (Å²) < 4.78 is 0. The minimum absolute atomic E-state index is 0.0460. The first kappa shape index (κ1) is 17.8. The zero-order chi connectivity index (χ0) is 13.5. The summed E-state index contributed by atoms with van der Waals surface area (Å²) in [5.41, 5.74) is 0. The van der Waals surface area contributed by atoms with Gasteiger partial charge in [0.25, 0.3) is 0 Å². The van der Waals surface area contributed by atoms with Crippen LogP contribution in [0.2, 0.25) is 0 Å². The maximum atomic E-state index is 4.91. The maximum absolute atomic E-state index is 4.91. The summed E-state index contributed by atoms with van der Waals surface area (Å²) in [6.45, 7) is 4.22. The highest BCUT2D eigenvalue weighted by molar-refractivity contribution is 4.51. The maximum Gasteiger partial charge on any atom is 0.0934 e. The zero-order valence-corrected chi connectivity index (χ0v) is 12.3. The lowest BCUT2D eigenvalue weighted by atomic mass is 10.1. The second kappa shape index (κ2) is 14.9. The number of unbranched alkanes of at least 4 members (excludes halogenated alkanes) is 8. The number of hydrogen-bond acceptors (Lipinski definition) is 4. The summed E-state index contributed by atoms with van der Waals surface area (Å²) in [4.78, 5) is 9.15. The van der Waals surface area contributed by atoms with Crippen molar-refractivity contribution in [1.82, 2.24) is 0 Å². The van der Waals surface area contributed by atoms with Crippen LogP contribution in [0.5, 0.6) is 0 Å². The fourth-order valence-electron chi connectivity index (χ4n) is 1.90. The smallest absolute Gasteiger partial charge is 0.0934 e. The van der Waals surface area contributed by atoms with E-state index in [1.807, 2.05) is 6.92 Å². The Morgan fingerprint density at radius 3 is 1.89 bits per heavy atom. The standard InChI is InChI=1S/C14H30O4/c1-4-5-6-7-8-9-10-11-12-13-14(2)16-18-17-15-3/h14H,4-13H2,1-3H3. The summed E-state index contributed by atoms with van der Waals surface area (Å²) >= 11 is 0. The molecule has 0 bridgehead atoms. The molecule has 0 N–H and O–H groups in total. The Labute approximate surface area is 112 Å². The lowest BCUT2D eigenvalue weighted by Gasteiger charge is -2.09. The third-order valence-electron chi connectivity index (χ3n) is 3.01. The number of hydrogen-bond donors (Lipinski definition) is 0. The predicted molar refractivity (Wildman–Crippen MR) is 71.6 cm³/mol. The van der Waals surface area contributed by atoms with E-state index in [1.165, 1.54) is 64.9 Å². The fourth-order valence-corrected chi connectivity index (χ4v) is 1.90. The predicted octanol–water partition coefficient (Wildman–Crippen LogP) is 4.74. The molecule has 0 heterocycles. The molecule has 110 valence electrons. The van der Waals surface area contributed by atoms with Crippen molar-refractivity contribution < 1.29 is 19.9 Å². The third kappa shape index (κ3) is 13.9. The molecule has 18 heavy (non-hydrogen) atoms. The van der Waals surface area contributed by atoms with Gasteiger partial charge >= 0.3 is 0 Å². The molecular weight excluding hydrogens is 232 g/mol. The van der Waals surface area contributed by atoms with Gasteiger partial charge in [0.2, 0.25) is 0 Å². The van der Waals surface area contributed by atoms with Crippen LogP contribution >= 0.6 is 0 Å². The van der Waals surface area contributed by atoms with Crippen LogP contribution in [0, 0.1) is 0 Å². The summed E-state index contributed by atoms with van der Waals surface area (Å²) in [5.74, 6) is 0. The van der Waals surface area contributed by atoms with Crippen LogP contribution in [0.4, 0.5) is 0 Å². The van der Waals surface area contributed by atoms with Gasteiger partial charge in [0, 0.05) is 0 Å². The molecule has 0 saturated heterocycles. The molecule has 1 atom stereocenters. The summed E-state index contributed by atoms with van der Waals surface area (Å²) in [6, 6.07) is 0. The van der Waals surface area contributed by atoms with E-state index in [0.717, 1.165) is 6.42 Å². The van der Waals surface area contributed by atoms with Crippen LogP contribution in [0.3, 0.4) is 0 Å². The van der Waals surface area contributed by atoms with Crippen molar-refractivity contribution in [3.05, 3.63) is 0 Å². The highest BCUT2D eigenvalue weighted by Crippen LogP contribution is 2.12. The molecule has 0 spiro atoms. The molecule has 0 aliphatic carbocycles. The van der Waals surface area contributed by atoms with Gasteiger partial charge < -0.3 is 0 Å². The molecule has 4 heteroatoms. The van der Waals surface area contributed by atoms with Crippen molar-refractivity contribution in [2.75, 3.05) is 7.11 Å². The Morgan fingerprint density at radius 2 is 1.33 bits per heavy atom. The normalized spacial score (nSPS) is 12.8. The molecule has 0 aliphatic rings. The molecule has 0 aliphatic heterocycles. The van der Waals surface area contributed by atoms with Crippen LogP contribution in [0.15, 0.2) is 0 Å². The van der Waals surface area contributed by atoms with E-state index < -0.39 is 0 Å². The Hall–Kier alpha value is -0.160. The van der Waals surface area contributed by atoms with Crippen LogP contribution in [0.25, 0.3) is 0 Å². The molecule has 0 aromatic rings. The van der Waals surface area contributed by atoms with Crippen LogP contribution in [-0.2, 0) is 19.9 Å². The van der Waals surface area contributed by atoms with Gasteiger partial charge in [-0.25, -0.2) is 9.78 Å². The Morgan fingerprint density at radius 1 is 0.778 bits per heavy atom. The molecular formula is C14H30O4. The Bertz CT molecular complexity index is 153. The molecule has 0 radical (unpaired) electrons. The van der Waals surface area contributed by atoms with E-state index in [0.29, 0.717) is 0 Å². The van der Waals surface area contributed by atoms with E-state index in [2.05, 4.69) is 21.9 Å². The Kier molecular flexibility index (Phi) is 14.8. The minimum atomic E-state index is 0.0460. The first-order valence-electron chi connectivity index (χ1n) is 7.34. The second-order valence-electron chi connectivity index (χ2n) is 4.83. The first-order chi connectivity index (χ1) is 8.81. The topological polar surface area (TPSA) is 36.9 Å². The van der Waals surface area contributed by atoms with Crippen LogP contribution < -0.4 is 0 Å². The van der Waals surface area contributed by atoms with Gasteiger partial charge in [-0.05, 0) is 23.4 Å². The van der Waals surface area contributed by atoms with Crippen molar-refractivity contribution in [2.24, 2.45) is 0 Å². The Balaban J connectivity index is 3.05. The molecule has 0 saturated carbocycles. The van der Waals surface area contributed by atoms with Crippen molar-refractivity contribution >= 4 is 0 Å². The highest BCUT2D eigenvalue weighted by Gasteiger charge is 2.03. The van der Waals surface area contributed by atoms with Gasteiger partial charge in [0.15, 0.2) is 0 Å². The van der Waals surface area contributed by atoms with Gasteiger partial charge in [0.05, 0.1) is 13.2 Å². The average molecular weight is 262 g/mol. The molecule has 1 unspecified atom stereocenters. The largest absolute Gasteiger partial charge is 0.207 e. The van der Waals surface area contributed by atoms with Gasteiger partial charge in [-0.15, -0.1) is 0 Å². The monoisotopic (exact) mass is 262 g/mol. The van der Waals surface area contributed by atoms with Gasteiger partial charge in [-0.1, -0.05) is 64.7 Å². The fraction of sp³-hybridized carbons (Fsp3) is 1.00. The number of rotatable bonds is 14. The lowest BCUT2D eigenvalue weighted by molar-refractivity contribution is -0.636. The third-order valence-corrected chi connectivity index (χ3v) is 3.01. The second-order valence-corrected chi connectivity index (χ2v) is 4.83. The van der Waals surface area contributed by atoms with Gasteiger partial charge in [-0.2, -0.15) is 0 Å². The van der Waals surface area contributed by atoms with E-state index in [1.54, 1.807) is 0 Å². The lowest BCUT2D eigenvalue weighted by Crippen LogP contribution is -2.09. The highest BCUT2D eigenvalue weighted by atomic mass is 17.7. The van der Waals surface area contributed by atoms with Crippen LogP contribution in [0.1, 0.15) is 78.1 Å². The van der Waals surface area contributed by atoms with E-state index in [4.69, 9.17) is 4.89 Å². The van der Waals surface area contributed by atoms with Gasteiger partial charge in [-0.3, -0.25) is 0 Å².